The highest BCUT2D eigenvalue weighted by Gasteiger charge is 2.39. The van der Waals surface area contributed by atoms with Gasteiger partial charge in [0, 0.05) is 39.2 Å². The van der Waals surface area contributed by atoms with E-state index >= 15 is 0 Å². The lowest BCUT2D eigenvalue weighted by Gasteiger charge is -2.40. The molecular formula is C24H26F3N5O3. The second-order valence-electron chi connectivity index (χ2n) is 8.31. The fraction of sp³-hybridized carbons (Fsp3) is 0.417. The summed E-state index contributed by atoms with van der Waals surface area (Å²) < 4.78 is 52.1. The Morgan fingerprint density at radius 1 is 1.23 bits per heavy atom. The summed E-state index contributed by atoms with van der Waals surface area (Å²) in [6.45, 7) is 2.50. The van der Waals surface area contributed by atoms with Crippen LogP contribution in [0.2, 0.25) is 0 Å². The van der Waals surface area contributed by atoms with E-state index in [1.54, 1.807) is 18.1 Å². The van der Waals surface area contributed by atoms with Crippen molar-refractivity contribution in [3.05, 3.63) is 53.2 Å². The number of amides is 1. The molecule has 4 rings (SSSR count). The van der Waals surface area contributed by atoms with E-state index in [1.165, 1.54) is 32.5 Å². The van der Waals surface area contributed by atoms with Crippen molar-refractivity contribution < 1.29 is 27.4 Å². The molecule has 1 aliphatic heterocycles. The first-order valence-electron chi connectivity index (χ1n) is 11.1. The number of rotatable bonds is 7. The standard InChI is InChI=1S/C24H26F3N5O3/c1-14(33)32-9-7-24(35-3,8-10-32)18-11-17-20(23(31-18)34-2)29-13-30-22(17)28-12-15-5-4-6-16(19(15)25)21(26)27/h4-6,11,13,21H,7-10,12H2,1-3H3,(H,28,29,30). The van der Waals surface area contributed by atoms with Gasteiger partial charge in [-0.2, -0.15) is 0 Å². The molecule has 1 fully saturated rings. The van der Waals surface area contributed by atoms with E-state index in [0.717, 1.165) is 6.07 Å². The lowest BCUT2D eigenvalue weighted by molar-refractivity contribution is -0.135. The quantitative estimate of drug-likeness (QED) is 0.532. The number of likely N-dealkylation sites (tertiary alicyclic amines) is 1. The summed E-state index contributed by atoms with van der Waals surface area (Å²) in [7, 11) is 3.07. The van der Waals surface area contributed by atoms with Gasteiger partial charge in [0.05, 0.1) is 23.8 Å². The van der Waals surface area contributed by atoms with Gasteiger partial charge in [0.15, 0.2) is 0 Å². The van der Waals surface area contributed by atoms with Crippen LogP contribution in [0.15, 0.2) is 30.6 Å². The van der Waals surface area contributed by atoms with Crippen molar-refractivity contribution in [3.63, 3.8) is 0 Å². The molecule has 186 valence electrons. The Bertz CT molecular complexity index is 1230. The number of pyridine rings is 1. The number of nitrogens with zero attached hydrogens (tertiary/aromatic N) is 4. The second-order valence-corrected chi connectivity index (χ2v) is 8.31. The highest BCUT2D eigenvalue weighted by atomic mass is 19.3. The number of hydrogen-bond acceptors (Lipinski definition) is 7. The number of piperidine rings is 1. The second kappa shape index (κ2) is 10.0. The molecule has 11 heteroatoms. The Morgan fingerprint density at radius 2 is 1.97 bits per heavy atom. The van der Waals surface area contributed by atoms with Crippen LogP contribution in [0.3, 0.4) is 0 Å². The van der Waals surface area contributed by atoms with Crippen LogP contribution in [-0.2, 0) is 21.7 Å². The lowest BCUT2D eigenvalue weighted by atomic mass is 9.87. The van der Waals surface area contributed by atoms with E-state index in [0.29, 0.717) is 48.3 Å². The van der Waals surface area contributed by atoms with Crippen molar-refractivity contribution in [1.29, 1.82) is 0 Å². The SMILES string of the molecule is COc1nc(C2(OC)CCN(C(C)=O)CC2)cc2c(NCc3cccc(C(F)F)c3F)ncnc12. The number of hydrogen-bond donors (Lipinski definition) is 1. The smallest absolute Gasteiger partial charge is 0.266 e. The summed E-state index contributed by atoms with van der Waals surface area (Å²) in [6, 6.07) is 5.68. The number of ether oxygens (including phenoxy) is 2. The van der Waals surface area contributed by atoms with Crippen LogP contribution < -0.4 is 10.1 Å². The molecular weight excluding hydrogens is 463 g/mol. The Kier molecular flexibility index (Phi) is 7.06. The molecule has 0 spiro atoms. The number of carbonyl (C=O) groups is 1. The minimum atomic E-state index is -2.91. The van der Waals surface area contributed by atoms with Gasteiger partial charge >= 0.3 is 0 Å². The number of carbonyl (C=O) groups excluding carboxylic acids is 1. The van der Waals surface area contributed by atoms with E-state index in [1.807, 2.05) is 0 Å². The molecule has 3 heterocycles. The molecule has 3 aromatic rings. The summed E-state index contributed by atoms with van der Waals surface area (Å²) in [5.41, 5.74) is -0.290. The molecule has 1 aliphatic rings. The Morgan fingerprint density at radius 3 is 2.60 bits per heavy atom. The van der Waals surface area contributed by atoms with E-state index < -0.39 is 23.4 Å². The molecule has 1 N–H and O–H groups in total. The minimum absolute atomic E-state index is 0.00165. The molecule has 0 aliphatic carbocycles. The van der Waals surface area contributed by atoms with Crippen LogP contribution in [-0.4, -0.2) is 53.1 Å². The third-order valence-corrected chi connectivity index (χ3v) is 6.45. The summed E-state index contributed by atoms with van der Waals surface area (Å²) in [5.74, 6) is -0.323. The summed E-state index contributed by atoms with van der Waals surface area (Å²) in [6.07, 6.45) is -0.523. The first-order chi connectivity index (χ1) is 16.8. The molecule has 1 amide bonds. The maximum absolute atomic E-state index is 14.5. The minimum Gasteiger partial charge on any atom is -0.479 e. The Labute approximate surface area is 200 Å². The predicted molar refractivity (Wildman–Crippen MR) is 123 cm³/mol. The topological polar surface area (TPSA) is 89.5 Å². The zero-order chi connectivity index (χ0) is 25.2. The fourth-order valence-corrected chi connectivity index (χ4v) is 4.38. The largest absolute Gasteiger partial charge is 0.479 e. The maximum atomic E-state index is 14.5. The van der Waals surface area contributed by atoms with Crippen molar-refractivity contribution in [2.24, 2.45) is 0 Å². The molecule has 35 heavy (non-hydrogen) atoms. The lowest BCUT2D eigenvalue weighted by Crippen LogP contribution is -2.45. The van der Waals surface area contributed by atoms with Gasteiger partial charge in [-0.3, -0.25) is 4.79 Å². The molecule has 2 aromatic heterocycles. The van der Waals surface area contributed by atoms with E-state index in [9.17, 15) is 18.0 Å². The molecule has 0 atom stereocenters. The van der Waals surface area contributed by atoms with Crippen molar-refractivity contribution >= 4 is 22.6 Å². The van der Waals surface area contributed by atoms with Crippen molar-refractivity contribution in [1.82, 2.24) is 19.9 Å². The summed E-state index contributed by atoms with van der Waals surface area (Å²) >= 11 is 0. The van der Waals surface area contributed by atoms with Crippen LogP contribution >= 0.6 is 0 Å². The molecule has 0 unspecified atom stereocenters. The van der Waals surface area contributed by atoms with Crippen LogP contribution in [0, 0.1) is 5.82 Å². The fourth-order valence-electron chi connectivity index (χ4n) is 4.38. The van der Waals surface area contributed by atoms with Gasteiger partial charge in [-0.15, -0.1) is 0 Å². The number of halogens is 3. The third-order valence-electron chi connectivity index (χ3n) is 6.45. The highest BCUT2D eigenvalue weighted by Crippen LogP contribution is 2.39. The molecule has 1 saturated heterocycles. The predicted octanol–water partition coefficient (Wildman–Crippen LogP) is 4.21. The molecule has 0 saturated carbocycles. The van der Waals surface area contributed by atoms with Gasteiger partial charge in [-0.25, -0.2) is 28.1 Å². The normalized spacial score (nSPS) is 15.5. The van der Waals surface area contributed by atoms with Crippen molar-refractivity contribution in [2.75, 3.05) is 32.6 Å². The average molecular weight is 489 g/mol. The Balaban J connectivity index is 1.71. The van der Waals surface area contributed by atoms with Gasteiger partial charge in [-0.05, 0) is 18.9 Å². The van der Waals surface area contributed by atoms with E-state index in [2.05, 4.69) is 20.3 Å². The molecule has 0 radical (unpaired) electrons. The zero-order valence-corrected chi connectivity index (χ0v) is 19.6. The zero-order valence-electron chi connectivity index (χ0n) is 19.6. The van der Waals surface area contributed by atoms with Gasteiger partial charge in [0.1, 0.15) is 29.1 Å². The number of anilines is 1. The highest BCUT2D eigenvalue weighted by molar-refractivity contribution is 5.92. The first kappa shape index (κ1) is 24.6. The number of benzene rings is 1. The number of methoxy groups -OCH3 is 2. The van der Waals surface area contributed by atoms with Gasteiger partial charge in [0.2, 0.25) is 11.8 Å². The number of aromatic nitrogens is 3. The van der Waals surface area contributed by atoms with E-state index in [4.69, 9.17) is 9.47 Å². The van der Waals surface area contributed by atoms with E-state index in [-0.39, 0.29) is 23.9 Å². The number of alkyl halides is 2. The molecule has 8 nitrogen and oxygen atoms in total. The van der Waals surface area contributed by atoms with Crippen LogP contribution in [0.5, 0.6) is 5.88 Å². The number of nitrogens with one attached hydrogen (secondary N) is 1. The van der Waals surface area contributed by atoms with Crippen LogP contribution in [0.1, 0.15) is 43.0 Å². The van der Waals surface area contributed by atoms with Crippen molar-refractivity contribution in [3.8, 4) is 5.88 Å². The summed E-state index contributed by atoms with van der Waals surface area (Å²) in [5, 5.41) is 3.59. The van der Waals surface area contributed by atoms with Crippen molar-refractivity contribution in [2.45, 2.75) is 38.3 Å². The average Bonchev–Trinajstić information content (AvgIpc) is 2.87. The molecule has 1 aromatic carbocycles. The maximum Gasteiger partial charge on any atom is 0.266 e. The van der Waals surface area contributed by atoms with Crippen LogP contribution in [0.25, 0.3) is 10.9 Å². The van der Waals surface area contributed by atoms with Gasteiger partial charge < -0.3 is 19.7 Å². The third kappa shape index (κ3) is 4.72. The summed E-state index contributed by atoms with van der Waals surface area (Å²) in [4.78, 5) is 26.8. The molecule has 0 bridgehead atoms. The Hall–Kier alpha value is -3.47. The van der Waals surface area contributed by atoms with Crippen LogP contribution in [0.4, 0.5) is 19.0 Å². The van der Waals surface area contributed by atoms with Gasteiger partial charge in [-0.1, -0.05) is 18.2 Å². The van der Waals surface area contributed by atoms with Gasteiger partial charge in [0.25, 0.3) is 6.43 Å². The first-order valence-corrected chi connectivity index (χ1v) is 11.1. The number of fused-ring (bicyclic) bond motifs is 1. The monoisotopic (exact) mass is 489 g/mol.